The topological polar surface area (TPSA) is 24.4 Å². The second-order valence-electron chi connectivity index (χ2n) is 3.50. The highest BCUT2D eigenvalue weighted by molar-refractivity contribution is 8.14. The largest absolute Gasteiger partial charge is 0.333 e. The minimum Gasteiger partial charge on any atom is -0.333 e. The van der Waals surface area contributed by atoms with Gasteiger partial charge in [-0.1, -0.05) is 17.8 Å². The summed E-state index contributed by atoms with van der Waals surface area (Å²) in [7, 11) is 0. The van der Waals surface area contributed by atoms with Gasteiger partial charge >= 0.3 is 0 Å². The van der Waals surface area contributed by atoms with Gasteiger partial charge in [0.15, 0.2) is 5.17 Å². The quantitative estimate of drug-likeness (QED) is 0.793. The van der Waals surface area contributed by atoms with E-state index in [0.717, 1.165) is 29.4 Å². The predicted molar refractivity (Wildman–Crippen MR) is 64.1 cm³/mol. The SMILES string of the molecule is Cc1ccc(F)c(NC2=NCCCS2)c1. The molecule has 1 N–H and O–H groups in total. The van der Waals surface area contributed by atoms with Crippen LogP contribution in [0.1, 0.15) is 12.0 Å². The standard InChI is InChI=1S/C11H13FN2S/c1-8-3-4-9(12)10(7-8)14-11-13-5-2-6-15-11/h3-4,7H,2,5-6H2,1H3,(H,13,14). The van der Waals surface area contributed by atoms with E-state index in [0.29, 0.717) is 5.69 Å². The number of nitrogens with one attached hydrogen (secondary N) is 1. The Balaban J connectivity index is 2.15. The number of benzene rings is 1. The minimum absolute atomic E-state index is 0.227. The molecule has 2 nitrogen and oxygen atoms in total. The molecule has 0 aromatic heterocycles. The Morgan fingerprint density at radius 2 is 2.33 bits per heavy atom. The van der Waals surface area contributed by atoms with Gasteiger partial charge in [0.25, 0.3) is 0 Å². The highest BCUT2D eigenvalue weighted by atomic mass is 32.2. The number of hydrogen-bond donors (Lipinski definition) is 1. The number of aryl methyl sites for hydroxylation is 1. The van der Waals surface area contributed by atoms with Crippen LogP contribution >= 0.6 is 11.8 Å². The normalized spacial score (nSPS) is 16.0. The predicted octanol–water partition coefficient (Wildman–Crippen LogP) is 3.04. The van der Waals surface area contributed by atoms with Crippen molar-refractivity contribution < 1.29 is 4.39 Å². The van der Waals surface area contributed by atoms with E-state index in [1.807, 2.05) is 6.92 Å². The summed E-state index contributed by atoms with van der Waals surface area (Å²) in [4.78, 5) is 4.30. The van der Waals surface area contributed by atoms with Crippen molar-refractivity contribution in [3.63, 3.8) is 0 Å². The number of rotatable bonds is 1. The molecule has 15 heavy (non-hydrogen) atoms. The lowest BCUT2D eigenvalue weighted by atomic mass is 10.2. The van der Waals surface area contributed by atoms with E-state index in [4.69, 9.17) is 0 Å². The smallest absolute Gasteiger partial charge is 0.161 e. The van der Waals surface area contributed by atoms with Gasteiger partial charge in [0.05, 0.1) is 5.69 Å². The molecule has 2 rings (SSSR count). The van der Waals surface area contributed by atoms with Crippen molar-refractivity contribution in [2.24, 2.45) is 4.99 Å². The van der Waals surface area contributed by atoms with Crippen LogP contribution < -0.4 is 5.32 Å². The molecule has 0 amide bonds. The molecular weight excluding hydrogens is 211 g/mol. The summed E-state index contributed by atoms with van der Waals surface area (Å²) in [6.45, 7) is 2.78. The van der Waals surface area contributed by atoms with Crippen molar-refractivity contribution >= 4 is 22.6 Å². The molecule has 1 aliphatic rings. The Morgan fingerprint density at radius 3 is 3.07 bits per heavy atom. The second kappa shape index (κ2) is 4.66. The lowest BCUT2D eigenvalue weighted by Gasteiger charge is -2.14. The first-order valence-electron chi connectivity index (χ1n) is 4.96. The van der Waals surface area contributed by atoms with Crippen LogP contribution in [0.25, 0.3) is 0 Å². The van der Waals surface area contributed by atoms with E-state index in [2.05, 4.69) is 10.3 Å². The maximum Gasteiger partial charge on any atom is 0.161 e. The van der Waals surface area contributed by atoms with Gasteiger partial charge in [-0.3, -0.25) is 4.99 Å². The molecule has 0 atom stereocenters. The fourth-order valence-corrected chi connectivity index (χ4v) is 2.22. The molecule has 1 aromatic rings. The van der Waals surface area contributed by atoms with Crippen molar-refractivity contribution in [2.45, 2.75) is 13.3 Å². The van der Waals surface area contributed by atoms with Gasteiger partial charge in [-0.2, -0.15) is 0 Å². The maximum atomic E-state index is 13.4. The van der Waals surface area contributed by atoms with E-state index in [1.54, 1.807) is 23.9 Å². The fourth-order valence-electron chi connectivity index (χ4n) is 1.39. The van der Waals surface area contributed by atoms with Crippen molar-refractivity contribution in [1.82, 2.24) is 0 Å². The highest BCUT2D eigenvalue weighted by Crippen LogP contribution is 2.19. The maximum absolute atomic E-state index is 13.4. The van der Waals surface area contributed by atoms with Crippen LogP contribution in [-0.2, 0) is 0 Å². The number of thioether (sulfide) groups is 1. The third-order valence-corrected chi connectivity index (χ3v) is 3.16. The Morgan fingerprint density at radius 1 is 1.47 bits per heavy atom. The second-order valence-corrected chi connectivity index (χ2v) is 4.58. The summed E-state index contributed by atoms with van der Waals surface area (Å²) in [5.41, 5.74) is 1.56. The zero-order valence-electron chi connectivity index (χ0n) is 8.59. The van der Waals surface area contributed by atoms with E-state index in [9.17, 15) is 4.39 Å². The monoisotopic (exact) mass is 224 g/mol. The molecule has 1 aromatic carbocycles. The van der Waals surface area contributed by atoms with Crippen LogP contribution in [0.3, 0.4) is 0 Å². The third-order valence-electron chi connectivity index (χ3n) is 2.16. The van der Waals surface area contributed by atoms with E-state index in [-0.39, 0.29) is 5.82 Å². The van der Waals surface area contributed by atoms with E-state index in [1.165, 1.54) is 6.07 Å². The summed E-state index contributed by atoms with van der Waals surface area (Å²) in [6.07, 6.45) is 1.10. The van der Waals surface area contributed by atoms with Crippen molar-refractivity contribution in [2.75, 3.05) is 17.6 Å². The number of anilines is 1. The summed E-state index contributed by atoms with van der Waals surface area (Å²) in [5, 5.41) is 3.85. The van der Waals surface area contributed by atoms with E-state index < -0.39 is 0 Å². The van der Waals surface area contributed by atoms with Gasteiger partial charge in [-0.05, 0) is 31.0 Å². The summed E-state index contributed by atoms with van der Waals surface area (Å²) in [5.74, 6) is 0.827. The van der Waals surface area contributed by atoms with Gasteiger partial charge in [0.2, 0.25) is 0 Å². The third kappa shape index (κ3) is 2.72. The van der Waals surface area contributed by atoms with Crippen molar-refractivity contribution in [3.8, 4) is 0 Å². The van der Waals surface area contributed by atoms with Crippen LogP contribution in [0.15, 0.2) is 23.2 Å². The number of hydrogen-bond acceptors (Lipinski definition) is 3. The van der Waals surface area contributed by atoms with Gasteiger partial charge in [-0.25, -0.2) is 4.39 Å². The molecule has 1 aliphatic heterocycles. The molecule has 1 heterocycles. The minimum atomic E-state index is -0.227. The number of amidine groups is 1. The summed E-state index contributed by atoms with van der Waals surface area (Å²) >= 11 is 1.64. The van der Waals surface area contributed by atoms with E-state index >= 15 is 0 Å². The molecular formula is C11H13FN2S. The summed E-state index contributed by atoms with van der Waals surface area (Å²) in [6, 6.07) is 5.04. The number of halogens is 1. The average Bonchev–Trinajstić information content (AvgIpc) is 2.25. The molecule has 0 aliphatic carbocycles. The fraction of sp³-hybridized carbons (Fsp3) is 0.364. The Hall–Kier alpha value is -1.03. The average molecular weight is 224 g/mol. The number of aliphatic imine (C=N–C) groups is 1. The van der Waals surface area contributed by atoms with Crippen molar-refractivity contribution in [3.05, 3.63) is 29.6 Å². The molecule has 0 saturated heterocycles. The molecule has 4 heteroatoms. The zero-order chi connectivity index (χ0) is 10.7. The molecule has 0 spiro atoms. The lowest BCUT2D eigenvalue weighted by Crippen LogP contribution is -2.14. The Labute approximate surface area is 93.0 Å². The lowest BCUT2D eigenvalue weighted by molar-refractivity contribution is 0.632. The molecule has 0 bridgehead atoms. The van der Waals surface area contributed by atoms with Crippen LogP contribution in [-0.4, -0.2) is 17.5 Å². The van der Waals surface area contributed by atoms with Crippen LogP contribution in [0, 0.1) is 12.7 Å². The zero-order valence-corrected chi connectivity index (χ0v) is 9.40. The first-order chi connectivity index (χ1) is 7.25. The molecule has 0 radical (unpaired) electrons. The van der Waals surface area contributed by atoms with Crippen LogP contribution in [0.5, 0.6) is 0 Å². The van der Waals surface area contributed by atoms with Crippen molar-refractivity contribution in [1.29, 1.82) is 0 Å². The van der Waals surface area contributed by atoms with Crippen LogP contribution in [0.2, 0.25) is 0 Å². The molecule has 0 unspecified atom stereocenters. The first-order valence-corrected chi connectivity index (χ1v) is 5.95. The van der Waals surface area contributed by atoms with Gasteiger partial charge in [0, 0.05) is 12.3 Å². The Bertz CT molecular complexity index is 390. The highest BCUT2D eigenvalue weighted by Gasteiger charge is 2.08. The first kappa shape index (κ1) is 10.5. The molecule has 80 valence electrons. The Kier molecular flexibility index (Phi) is 3.26. The van der Waals surface area contributed by atoms with Crippen LogP contribution in [0.4, 0.5) is 10.1 Å². The van der Waals surface area contributed by atoms with Gasteiger partial charge in [0.1, 0.15) is 5.82 Å². The molecule has 0 saturated carbocycles. The summed E-state index contributed by atoms with van der Waals surface area (Å²) < 4.78 is 13.4. The van der Waals surface area contributed by atoms with Gasteiger partial charge in [-0.15, -0.1) is 0 Å². The number of nitrogens with zero attached hydrogens (tertiary/aromatic N) is 1. The van der Waals surface area contributed by atoms with Gasteiger partial charge < -0.3 is 5.32 Å². The molecule has 0 fully saturated rings.